The molecule has 92 valence electrons. The number of carbonyl (C=O) groups excluding carboxylic acids is 2. The lowest BCUT2D eigenvalue weighted by Gasteiger charge is -2.09. The average molecular weight is 238 g/mol. The first-order valence-electron chi connectivity index (χ1n) is 4.89. The summed E-state index contributed by atoms with van der Waals surface area (Å²) in [7, 11) is 2.78. The van der Waals surface area contributed by atoms with Crippen molar-refractivity contribution in [3.8, 4) is 5.75 Å². The van der Waals surface area contributed by atoms with Gasteiger partial charge in [-0.25, -0.2) is 4.79 Å². The van der Waals surface area contributed by atoms with Crippen molar-refractivity contribution < 1.29 is 19.1 Å². The number of likely N-dealkylation sites (N-methyl/N-ethyl adjacent to an activating group) is 1. The van der Waals surface area contributed by atoms with E-state index in [-0.39, 0.29) is 18.3 Å². The normalized spacial score (nSPS) is 9.53. The van der Waals surface area contributed by atoms with Gasteiger partial charge in [0, 0.05) is 7.05 Å². The Morgan fingerprint density at radius 3 is 2.71 bits per heavy atom. The van der Waals surface area contributed by atoms with Crippen LogP contribution in [0.3, 0.4) is 0 Å². The molecule has 17 heavy (non-hydrogen) atoms. The van der Waals surface area contributed by atoms with Crippen molar-refractivity contribution >= 4 is 17.6 Å². The predicted molar refractivity (Wildman–Crippen MR) is 61.8 cm³/mol. The molecule has 0 saturated carbocycles. The van der Waals surface area contributed by atoms with E-state index in [1.807, 2.05) is 0 Å². The minimum atomic E-state index is -0.491. The third kappa shape index (κ3) is 3.37. The summed E-state index contributed by atoms with van der Waals surface area (Å²) in [6, 6.07) is 4.48. The Balaban J connectivity index is 2.83. The van der Waals surface area contributed by atoms with Crippen LogP contribution in [0.15, 0.2) is 18.2 Å². The molecule has 0 aromatic heterocycles. The predicted octanol–water partition coefficient (Wildman–Crippen LogP) is 0.180. The highest BCUT2D eigenvalue weighted by atomic mass is 16.5. The number of rotatable bonds is 4. The highest BCUT2D eigenvalue weighted by Crippen LogP contribution is 2.23. The number of hydrogen-bond acceptors (Lipinski definition) is 5. The highest BCUT2D eigenvalue weighted by molar-refractivity contribution is 5.90. The summed E-state index contributed by atoms with van der Waals surface area (Å²) in [5.74, 6) is -0.501. The van der Waals surface area contributed by atoms with E-state index in [4.69, 9.17) is 10.5 Å². The van der Waals surface area contributed by atoms with Crippen molar-refractivity contribution in [1.29, 1.82) is 0 Å². The second-order valence-corrected chi connectivity index (χ2v) is 3.21. The number of benzene rings is 1. The van der Waals surface area contributed by atoms with Crippen LogP contribution in [0.2, 0.25) is 0 Å². The molecule has 0 bridgehead atoms. The van der Waals surface area contributed by atoms with Gasteiger partial charge in [-0.15, -0.1) is 0 Å². The van der Waals surface area contributed by atoms with Gasteiger partial charge in [-0.1, -0.05) is 0 Å². The molecule has 0 saturated heterocycles. The minimum absolute atomic E-state index is 0.161. The summed E-state index contributed by atoms with van der Waals surface area (Å²) in [6.45, 7) is -0.161. The lowest BCUT2D eigenvalue weighted by molar-refractivity contribution is -0.122. The third-order valence-corrected chi connectivity index (χ3v) is 2.07. The lowest BCUT2D eigenvalue weighted by atomic mass is 10.2. The van der Waals surface area contributed by atoms with Crippen LogP contribution in [0.1, 0.15) is 10.4 Å². The number of amides is 1. The van der Waals surface area contributed by atoms with Crippen molar-refractivity contribution in [2.75, 3.05) is 26.5 Å². The van der Waals surface area contributed by atoms with Crippen molar-refractivity contribution in [1.82, 2.24) is 5.32 Å². The number of nitrogen functional groups attached to an aromatic ring is 1. The van der Waals surface area contributed by atoms with Crippen LogP contribution in [0.4, 0.5) is 5.69 Å². The van der Waals surface area contributed by atoms with Crippen molar-refractivity contribution in [3.05, 3.63) is 23.8 Å². The number of nitrogens with one attached hydrogen (secondary N) is 1. The Bertz CT molecular complexity index is 431. The first-order chi connectivity index (χ1) is 8.08. The number of methoxy groups -OCH3 is 1. The van der Waals surface area contributed by atoms with Gasteiger partial charge in [-0.05, 0) is 18.2 Å². The van der Waals surface area contributed by atoms with Crippen LogP contribution >= 0.6 is 0 Å². The minimum Gasteiger partial charge on any atom is -0.482 e. The van der Waals surface area contributed by atoms with Crippen molar-refractivity contribution in [3.63, 3.8) is 0 Å². The summed E-state index contributed by atoms with van der Waals surface area (Å²) in [5, 5.41) is 2.41. The van der Waals surface area contributed by atoms with Crippen LogP contribution in [0, 0.1) is 0 Å². The van der Waals surface area contributed by atoms with Crippen LogP contribution in [0.5, 0.6) is 5.75 Å². The monoisotopic (exact) mass is 238 g/mol. The fourth-order valence-corrected chi connectivity index (χ4v) is 1.12. The topological polar surface area (TPSA) is 90.6 Å². The molecule has 0 fully saturated rings. The van der Waals surface area contributed by atoms with Gasteiger partial charge in [0.2, 0.25) is 0 Å². The molecule has 1 aromatic rings. The fraction of sp³-hybridized carbons (Fsp3) is 0.273. The molecule has 3 N–H and O–H groups in total. The zero-order valence-corrected chi connectivity index (χ0v) is 9.65. The maximum atomic E-state index is 11.3. The van der Waals surface area contributed by atoms with E-state index >= 15 is 0 Å². The van der Waals surface area contributed by atoms with Crippen molar-refractivity contribution in [2.24, 2.45) is 0 Å². The molecular formula is C11H14N2O4. The molecule has 0 radical (unpaired) electrons. The number of carbonyl (C=O) groups is 2. The molecule has 6 nitrogen and oxygen atoms in total. The summed E-state index contributed by atoms with van der Waals surface area (Å²) in [5.41, 5.74) is 6.31. The van der Waals surface area contributed by atoms with Gasteiger partial charge in [0.25, 0.3) is 5.91 Å². The summed E-state index contributed by atoms with van der Waals surface area (Å²) in [4.78, 5) is 22.3. The molecule has 0 unspecified atom stereocenters. The van der Waals surface area contributed by atoms with Gasteiger partial charge in [-0.3, -0.25) is 4.79 Å². The Hall–Kier alpha value is -2.24. The highest BCUT2D eigenvalue weighted by Gasteiger charge is 2.10. The van der Waals surface area contributed by atoms with Crippen molar-refractivity contribution in [2.45, 2.75) is 0 Å². The van der Waals surface area contributed by atoms with E-state index < -0.39 is 5.97 Å². The van der Waals surface area contributed by atoms with Crippen LogP contribution in [0.25, 0.3) is 0 Å². The molecule has 0 heterocycles. The second kappa shape index (κ2) is 5.74. The van der Waals surface area contributed by atoms with E-state index in [0.717, 1.165) is 0 Å². The number of ether oxygens (including phenoxy) is 2. The lowest BCUT2D eigenvalue weighted by Crippen LogP contribution is -2.25. The molecule has 0 aliphatic heterocycles. The van der Waals surface area contributed by atoms with Gasteiger partial charge >= 0.3 is 5.97 Å². The van der Waals surface area contributed by atoms with E-state index in [0.29, 0.717) is 11.3 Å². The standard InChI is InChI=1S/C11H14N2O4/c1-13-10(14)6-17-9-5-7(11(15)16-2)3-4-8(9)12/h3-5H,6,12H2,1-2H3,(H,13,14). The number of hydrogen-bond donors (Lipinski definition) is 2. The van der Waals surface area contributed by atoms with Crippen LogP contribution in [-0.2, 0) is 9.53 Å². The van der Waals surface area contributed by atoms with E-state index in [9.17, 15) is 9.59 Å². The van der Waals surface area contributed by atoms with Crippen LogP contribution in [-0.4, -0.2) is 32.6 Å². The Morgan fingerprint density at radius 1 is 1.41 bits per heavy atom. The van der Waals surface area contributed by atoms with Crippen LogP contribution < -0.4 is 15.8 Å². The molecule has 1 amide bonds. The smallest absolute Gasteiger partial charge is 0.337 e. The van der Waals surface area contributed by atoms with Gasteiger partial charge in [-0.2, -0.15) is 0 Å². The first kappa shape index (κ1) is 12.8. The number of nitrogens with two attached hydrogens (primary N) is 1. The molecule has 1 aromatic carbocycles. The zero-order chi connectivity index (χ0) is 12.8. The molecule has 6 heteroatoms. The number of esters is 1. The van der Waals surface area contributed by atoms with E-state index in [1.165, 1.54) is 32.4 Å². The third-order valence-electron chi connectivity index (χ3n) is 2.07. The second-order valence-electron chi connectivity index (χ2n) is 3.21. The quantitative estimate of drug-likeness (QED) is 0.576. The molecule has 0 aliphatic rings. The van der Waals surface area contributed by atoms with Gasteiger partial charge < -0.3 is 20.5 Å². The molecule has 0 spiro atoms. The van der Waals surface area contributed by atoms with Gasteiger partial charge in [0.05, 0.1) is 18.4 Å². The summed E-state index contributed by atoms with van der Waals surface area (Å²) < 4.78 is 9.74. The first-order valence-corrected chi connectivity index (χ1v) is 4.89. The van der Waals surface area contributed by atoms with Gasteiger partial charge in [0.15, 0.2) is 6.61 Å². The SMILES string of the molecule is CNC(=O)COc1cc(C(=O)OC)ccc1N. The molecule has 0 aliphatic carbocycles. The molecular weight excluding hydrogens is 224 g/mol. The zero-order valence-electron chi connectivity index (χ0n) is 9.65. The summed E-state index contributed by atoms with van der Waals surface area (Å²) in [6.07, 6.45) is 0. The maximum absolute atomic E-state index is 11.3. The average Bonchev–Trinajstić information content (AvgIpc) is 2.36. The largest absolute Gasteiger partial charge is 0.482 e. The molecule has 1 rings (SSSR count). The van der Waals surface area contributed by atoms with Gasteiger partial charge in [0.1, 0.15) is 5.75 Å². The number of anilines is 1. The Morgan fingerprint density at radius 2 is 2.12 bits per heavy atom. The van der Waals surface area contributed by atoms with E-state index in [1.54, 1.807) is 0 Å². The Labute approximate surface area is 98.7 Å². The Kier molecular flexibility index (Phi) is 4.33. The fourth-order valence-electron chi connectivity index (χ4n) is 1.12. The molecule has 0 atom stereocenters. The van der Waals surface area contributed by atoms with E-state index in [2.05, 4.69) is 10.1 Å². The maximum Gasteiger partial charge on any atom is 0.337 e. The summed E-state index contributed by atoms with van der Waals surface area (Å²) >= 11 is 0.